The molecule has 0 heterocycles. The van der Waals surface area contributed by atoms with Crippen LogP contribution in [-0.4, -0.2) is 40.4 Å². The minimum absolute atomic E-state index is 0.126. The van der Waals surface area contributed by atoms with Gasteiger partial charge in [-0.1, -0.05) is 48.5 Å². The van der Waals surface area contributed by atoms with E-state index in [1.165, 1.54) is 7.05 Å². The largest absolute Gasteiger partial charge is 0.484 e. The number of hydrogen-bond acceptors (Lipinski definition) is 5. The highest BCUT2D eigenvalue weighted by atomic mass is 32.2. The summed E-state index contributed by atoms with van der Waals surface area (Å²) in [4.78, 5) is 24.7. The van der Waals surface area contributed by atoms with Crippen molar-refractivity contribution in [2.45, 2.75) is 18.7 Å². The zero-order valence-electron chi connectivity index (χ0n) is 21.4. The van der Waals surface area contributed by atoms with Gasteiger partial charge in [-0.05, 0) is 66.8 Å². The fourth-order valence-electron chi connectivity index (χ4n) is 4.03. The molecule has 0 radical (unpaired) electrons. The van der Waals surface area contributed by atoms with Gasteiger partial charge in [-0.2, -0.15) is 0 Å². The second-order valence-electron chi connectivity index (χ2n) is 8.74. The van der Waals surface area contributed by atoms with Gasteiger partial charge < -0.3 is 15.4 Å². The lowest BCUT2D eigenvalue weighted by atomic mass is 10.1. The number of nitrogens with zero attached hydrogens (tertiary/aromatic N) is 1. The molecule has 0 saturated heterocycles. The number of hydrogen-bond donors (Lipinski definition) is 2. The molecular weight excluding hydrogens is 502 g/mol. The normalized spacial score (nSPS) is 11.1. The molecule has 0 atom stereocenters. The Balaban J connectivity index is 1.64. The van der Waals surface area contributed by atoms with Gasteiger partial charge in [0.05, 0.1) is 10.6 Å². The Bertz CT molecular complexity index is 1580. The Morgan fingerprint density at radius 1 is 0.842 bits per heavy atom. The van der Waals surface area contributed by atoms with Crippen molar-refractivity contribution in [3.63, 3.8) is 0 Å². The van der Waals surface area contributed by atoms with Gasteiger partial charge in [-0.15, -0.1) is 0 Å². The van der Waals surface area contributed by atoms with E-state index < -0.39 is 22.5 Å². The lowest BCUT2D eigenvalue weighted by molar-refractivity contribution is -0.122. The van der Waals surface area contributed by atoms with E-state index in [4.69, 9.17) is 4.74 Å². The molecule has 0 unspecified atom stereocenters. The van der Waals surface area contributed by atoms with Crippen LogP contribution in [0.25, 0.3) is 10.8 Å². The summed E-state index contributed by atoms with van der Waals surface area (Å²) in [6, 6.07) is 24.2. The summed E-state index contributed by atoms with van der Waals surface area (Å²) in [6.45, 7) is 3.19. The number of nitrogens with one attached hydrogen (secondary N) is 2. The van der Waals surface area contributed by atoms with Gasteiger partial charge in [0.25, 0.3) is 15.9 Å². The average Bonchev–Trinajstić information content (AvgIpc) is 2.92. The lowest BCUT2D eigenvalue weighted by Crippen LogP contribution is -2.38. The summed E-state index contributed by atoms with van der Waals surface area (Å²) < 4.78 is 34.7. The average molecular weight is 532 g/mol. The highest BCUT2D eigenvalue weighted by Crippen LogP contribution is 2.32. The van der Waals surface area contributed by atoms with Crippen LogP contribution < -0.4 is 19.7 Å². The van der Waals surface area contributed by atoms with E-state index in [9.17, 15) is 18.0 Å². The van der Waals surface area contributed by atoms with Crippen LogP contribution in [0.4, 0.5) is 11.4 Å². The predicted molar refractivity (Wildman–Crippen MR) is 149 cm³/mol. The van der Waals surface area contributed by atoms with Gasteiger partial charge >= 0.3 is 0 Å². The molecule has 0 saturated carbocycles. The van der Waals surface area contributed by atoms with Gasteiger partial charge in [-0.3, -0.25) is 13.9 Å². The number of fused-ring (bicyclic) bond motifs is 1. The number of rotatable bonds is 9. The number of likely N-dealkylation sites (N-methyl/N-ethyl adjacent to an activating group) is 1. The van der Waals surface area contributed by atoms with E-state index in [0.717, 1.165) is 20.8 Å². The fourth-order valence-corrected chi connectivity index (χ4v) is 5.73. The molecule has 196 valence electrons. The SMILES string of the molecule is CNC(=O)COc1ccc(NC(=O)CN(c2cccc(C)c2C)S(=O)(=O)c2cccc3ccccc23)cc1. The maximum Gasteiger partial charge on any atom is 0.265 e. The molecule has 2 N–H and O–H groups in total. The molecule has 0 fully saturated rings. The number of amides is 2. The summed E-state index contributed by atoms with van der Waals surface area (Å²) in [7, 11) is -2.60. The molecule has 0 aliphatic heterocycles. The van der Waals surface area contributed by atoms with Crippen molar-refractivity contribution in [1.82, 2.24) is 5.32 Å². The van der Waals surface area contributed by atoms with Gasteiger partial charge in [0.15, 0.2) is 6.61 Å². The Morgan fingerprint density at radius 3 is 2.26 bits per heavy atom. The molecule has 8 nitrogen and oxygen atoms in total. The van der Waals surface area contributed by atoms with E-state index in [0.29, 0.717) is 22.5 Å². The van der Waals surface area contributed by atoms with Crippen LogP contribution in [0.3, 0.4) is 0 Å². The van der Waals surface area contributed by atoms with Crippen LogP contribution in [-0.2, 0) is 19.6 Å². The Kier molecular flexibility index (Phi) is 7.97. The van der Waals surface area contributed by atoms with E-state index >= 15 is 0 Å². The Morgan fingerprint density at radius 2 is 1.53 bits per heavy atom. The third-order valence-electron chi connectivity index (χ3n) is 6.24. The third-order valence-corrected chi connectivity index (χ3v) is 8.05. The summed E-state index contributed by atoms with van der Waals surface area (Å²) in [5.41, 5.74) is 2.58. The standard InChI is InChI=1S/C29H29N3O5S/c1-20-8-6-12-26(21(20)2)32(38(35,36)27-13-7-10-22-9-4-5-11-25(22)27)18-28(33)31-23-14-16-24(17-15-23)37-19-29(34)30-3/h4-17H,18-19H2,1-3H3,(H,30,34)(H,31,33). The number of carbonyl (C=O) groups excluding carboxylic acids is 2. The molecule has 38 heavy (non-hydrogen) atoms. The van der Waals surface area contributed by atoms with Gasteiger partial charge in [0, 0.05) is 18.1 Å². The number of ether oxygens (including phenoxy) is 1. The van der Waals surface area contributed by atoms with Crippen molar-refractivity contribution in [2.24, 2.45) is 0 Å². The monoisotopic (exact) mass is 531 g/mol. The maximum absolute atomic E-state index is 14.1. The van der Waals surface area contributed by atoms with E-state index in [-0.39, 0.29) is 17.4 Å². The smallest absolute Gasteiger partial charge is 0.265 e. The number of sulfonamides is 1. The van der Waals surface area contributed by atoms with Crippen molar-refractivity contribution in [1.29, 1.82) is 0 Å². The van der Waals surface area contributed by atoms with Crippen molar-refractivity contribution < 1.29 is 22.7 Å². The molecule has 0 aliphatic carbocycles. The molecule has 0 spiro atoms. The maximum atomic E-state index is 14.1. The van der Waals surface area contributed by atoms with Crippen LogP contribution in [0, 0.1) is 13.8 Å². The topological polar surface area (TPSA) is 105 Å². The van der Waals surface area contributed by atoms with Gasteiger partial charge in [0.2, 0.25) is 5.91 Å². The van der Waals surface area contributed by atoms with Crippen LogP contribution >= 0.6 is 0 Å². The molecule has 0 aliphatic rings. The quantitative estimate of drug-likeness (QED) is 0.333. The lowest BCUT2D eigenvalue weighted by Gasteiger charge is -2.27. The van der Waals surface area contributed by atoms with E-state index in [1.54, 1.807) is 60.7 Å². The highest BCUT2D eigenvalue weighted by molar-refractivity contribution is 7.93. The first-order chi connectivity index (χ1) is 18.2. The van der Waals surface area contributed by atoms with E-state index in [1.807, 2.05) is 38.1 Å². The number of aryl methyl sites for hydroxylation is 1. The predicted octanol–water partition coefficient (Wildman–Crippen LogP) is 4.42. The molecule has 4 aromatic rings. The number of carbonyl (C=O) groups is 2. The van der Waals surface area contributed by atoms with Crippen LogP contribution in [0.5, 0.6) is 5.75 Å². The highest BCUT2D eigenvalue weighted by Gasteiger charge is 2.30. The van der Waals surface area contributed by atoms with Crippen molar-refractivity contribution in [3.8, 4) is 5.75 Å². The minimum Gasteiger partial charge on any atom is -0.484 e. The van der Waals surface area contributed by atoms with Crippen LogP contribution in [0.2, 0.25) is 0 Å². The van der Waals surface area contributed by atoms with Crippen molar-refractivity contribution in [3.05, 3.63) is 96.1 Å². The Labute approximate surface area is 222 Å². The first-order valence-electron chi connectivity index (χ1n) is 12.0. The number of anilines is 2. The summed E-state index contributed by atoms with van der Waals surface area (Å²) in [5, 5.41) is 6.60. The summed E-state index contributed by atoms with van der Waals surface area (Å²) in [5.74, 6) is -0.308. The zero-order chi connectivity index (χ0) is 27.3. The molecule has 9 heteroatoms. The first-order valence-corrected chi connectivity index (χ1v) is 13.4. The van der Waals surface area contributed by atoms with Crippen molar-refractivity contribution in [2.75, 3.05) is 29.8 Å². The zero-order valence-corrected chi connectivity index (χ0v) is 22.2. The second-order valence-corrected chi connectivity index (χ2v) is 10.6. The van der Waals surface area contributed by atoms with Crippen LogP contribution in [0.1, 0.15) is 11.1 Å². The molecule has 4 aromatic carbocycles. The Hall–Kier alpha value is -4.37. The van der Waals surface area contributed by atoms with E-state index in [2.05, 4.69) is 10.6 Å². The first kappa shape index (κ1) is 26.7. The third kappa shape index (κ3) is 5.78. The fraction of sp³-hybridized carbons (Fsp3) is 0.172. The second kappa shape index (κ2) is 11.4. The minimum atomic E-state index is -4.12. The number of benzene rings is 4. The van der Waals surface area contributed by atoms with Crippen molar-refractivity contribution >= 4 is 44.0 Å². The van der Waals surface area contributed by atoms with Gasteiger partial charge in [-0.25, -0.2) is 8.42 Å². The van der Waals surface area contributed by atoms with Crippen LogP contribution in [0.15, 0.2) is 89.8 Å². The summed E-state index contributed by atoms with van der Waals surface area (Å²) >= 11 is 0. The summed E-state index contributed by atoms with van der Waals surface area (Å²) in [6.07, 6.45) is 0. The molecule has 0 aromatic heterocycles. The molecule has 4 rings (SSSR count). The van der Waals surface area contributed by atoms with Gasteiger partial charge in [0.1, 0.15) is 12.3 Å². The molecule has 0 bridgehead atoms. The molecular formula is C29H29N3O5S. The molecule has 2 amide bonds.